The molecule has 3 aliphatic carbocycles. The van der Waals surface area contributed by atoms with Crippen molar-refractivity contribution in [1.29, 1.82) is 0 Å². The van der Waals surface area contributed by atoms with Crippen molar-refractivity contribution in [3.05, 3.63) is 0 Å². The van der Waals surface area contributed by atoms with Gasteiger partial charge in [-0.25, -0.2) is 8.42 Å². The van der Waals surface area contributed by atoms with E-state index in [1.54, 1.807) is 0 Å². The van der Waals surface area contributed by atoms with E-state index in [1.807, 2.05) is 6.92 Å². The van der Waals surface area contributed by atoms with E-state index in [-0.39, 0.29) is 45.8 Å². The lowest BCUT2D eigenvalue weighted by Gasteiger charge is -2.59. The molecule has 3 saturated carbocycles. The molecule has 4 unspecified atom stereocenters. The number of likely N-dealkylation sites (N-methyl/N-ethyl adjacent to an activating group) is 1. The van der Waals surface area contributed by atoms with E-state index >= 15 is 0 Å². The molecule has 2 saturated heterocycles. The first kappa shape index (κ1) is 25.7. The van der Waals surface area contributed by atoms with Crippen LogP contribution in [-0.2, 0) is 14.6 Å². The van der Waals surface area contributed by atoms with Gasteiger partial charge in [0.25, 0.3) is 0 Å². The number of nitrogens with zero attached hydrogens (tertiary/aromatic N) is 1. The topological polar surface area (TPSA) is 92.5 Å². The second-order valence-corrected chi connectivity index (χ2v) is 14.4. The van der Waals surface area contributed by atoms with Gasteiger partial charge in [0, 0.05) is 29.5 Å². The molecule has 3 N–H and O–H groups in total. The van der Waals surface area contributed by atoms with Crippen LogP contribution in [0.4, 0.5) is 0 Å². The SMILES string of the molecule is CCCS(=O)(=O)C1CCC(C(NC(=O)C2C(N)CCCC2Cl)C23CCC(CC2)CN3C)CC1. The van der Waals surface area contributed by atoms with Gasteiger partial charge in [0.2, 0.25) is 5.91 Å². The van der Waals surface area contributed by atoms with Gasteiger partial charge >= 0.3 is 0 Å². The number of carbonyl (C=O) groups excluding carboxylic acids is 1. The molecule has 0 aromatic heterocycles. The number of alkyl halides is 1. The van der Waals surface area contributed by atoms with Gasteiger partial charge in [-0.3, -0.25) is 9.69 Å². The Bertz CT molecular complexity index is 781. The quantitative estimate of drug-likeness (QED) is 0.521. The molecule has 190 valence electrons. The third kappa shape index (κ3) is 5.12. The number of nitrogens with one attached hydrogen (secondary N) is 1. The van der Waals surface area contributed by atoms with Crippen LogP contribution < -0.4 is 11.1 Å². The lowest BCUT2D eigenvalue weighted by molar-refractivity contribution is -0.131. The third-order valence-corrected chi connectivity index (χ3v) is 12.5. The number of amides is 1. The van der Waals surface area contributed by atoms with E-state index in [4.69, 9.17) is 17.3 Å². The second-order valence-electron chi connectivity index (χ2n) is 11.5. The number of halogens is 1. The van der Waals surface area contributed by atoms with E-state index in [0.29, 0.717) is 25.2 Å². The minimum Gasteiger partial charge on any atom is -0.351 e. The Morgan fingerprint density at radius 2 is 1.79 bits per heavy atom. The summed E-state index contributed by atoms with van der Waals surface area (Å²) in [6.07, 6.45) is 11.1. The van der Waals surface area contributed by atoms with E-state index < -0.39 is 9.84 Å². The van der Waals surface area contributed by atoms with Gasteiger partial charge in [-0.1, -0.05) is 13.3 Å². The Balaban J connectivity index is 1.55. The number of hydrogen-bond acceptors (Lipinski definition) is 5. The standard InChI is InChI=1S/C25H44ClN3O3S/c1-3-15-33(31,32)19-9-7-18(8-10-19)23(25-13-11-17(12-14-25)16-29(25)2)28-24(30)22-20(26)5-4-6-21(22)27/h17-23H,3-16,27H2,1-2H3,(H,28,30). The van der Waals surface area contributed by atoms with Crippen molar-refractivity contribution < 1.29 is 13.2 Å². The zero-order valence-corrected chi connectivity index (χ0v) is 22.0. The summed E-state index contributed by atoms with van der Waals surface area (Å²) in [6, 6.07) is -0.154. The highest BCUT2D eigenvalue weighted by Gasteiger charge is 2.53. The van der Waals surface area contributed by atoms with Crippen molar-refractivity contribution in [2.75, 3.05) is 19.3 Å². The van der Waals surface area contributed by atoms with Gasteiger partial charge in [0.1, 0.15) is 0 Å². The highest BCUT2D eigenvalue weighted by molar-refractivity contribution is 7.92. The largest absolute Gasteiger partial charge is 0.351 e. The Kier molecular flexibility index (Phi) is 8.04. The summed E-state index contributed by atoms with van der Waals surface area (Å²) in [4.78, 5) is 16.1. The lowest BCUT2D eigenvalue weighted by Crippen LogP contribution is -2.69. The molecular formula is C25H44ClN3O3S. The van der Waals surface area contributed by atoms with Crippen LogP contribution in [0.15, 0.2) is 0 Å². The van der Waals surface area contributed by atoms with Crippen molar-refractivity contribution in [3.63, 3.8) is 0 Å². The normalized spacial score (nSPS) is 41.0. The second kappa shape index (κ2) is 10.3. The monoisotopic (exact) mass is 501 g/mol. The van der Waals surface area contributed by atoms with Gasteiger partial charge in [0.15, 0.2) is 9.84 Å². The summed E-state index contributed by atoms with van der Waals surface area (Å²) in [6.45, 7) is 3.02. The average molecular weight is 502 g/mol. The van der Waals surface area contributed by atoms with E-state index in [2.05, 4.69) is 17.3 Å². The summed E-state index contributed by atoms with van der Waals surface area (Å²) >= 11 is 6.61. The zero-order chi connectivity index (χ0) is 23.8. The first-order valence-corrected chi connectivity index (χ1v) is 15.5. The van der Waals surface area contributed by atoms with Gasteiger partial charge in [-0.05, 0) is 89.5 Å². The number of nitrogens with two attached hydrogens (primary N) is 1. The lowest BCUT2D eigenvalue weighted by atomic mass is 9.62. The Labute approximate surface area is 205 Å². The third-order valence-electron chi connectivity index (χ3n) is 9.50. The van der Waals surface area contributed by atoms with Crippen molar-refractivity contribution >= 4 is 27.3 Å². The molecule has 4 atom stereocenters. The number of sulfone groups is 1. The molecule has 5 rings (SSSR count). The van der Waals surface area contributed by atoms with Crippen LogP contribution in [0.3, 0.4) is 0 Å². The molecule has 6 nitrogen and oxygen atoms in total. The molecule has 1 amide bonds. The van der Waals surface area contributed by atoms with Crippen molar-refractivity contribution in [2.45, 2.75) is 112 Å². The molecule has 5 aliphatic rings. The molecule has 0 radical (unpaired) electrons. The molecule has 8 heteroatoms. The van der Waals surface area contributed by atoms with Crippen molar-refractivity contribution in [2.24, 2.45) is 23.5 Å². The van der Waals surface area contributed by atoms with Gasteiger partial charge in [0.05, 0.1) is 16.9 Å². The first-order chi connectivity index (χ1) is 15.7. The molecular weight excluding hydrogens is 458 g/mol. The Hall–Kier alpha value is -0.370. The summed E-state index contributed by atoms with van der Waals surface area (Å²) in [5.41, 5.74) is 6.34. The summed E-state index contributed by atoms with van der Waals surface area (Å²) in [7, 11) is -0.797. The first-order valence-electron chi connectivity index (χ1n) is 13.3. The molecule has 2 bridgehead atoms. The van der Waals surface area contributed by atoms with Crippen LogP contribution in [0.2, 0.25) is 0 Å². The molecule has 2 aliphatic heterocycles. The summed E-state index contributed by atoms with van der Waals surface area (Å²) < 4.78 is 25.4. The van der Waals surface area contributed by atoms with Gasteiger partial charge in [-0.15, -0.1) is 11.6 Å². The molecule has 33 heavy (non-hydrogen) atoms. The van der Waals surface area contributed by atoms with E-state index in [9.17, 15) is 13.2 Å². The van der Waals surface area contributed by atoms with Crippen LogP contribution in [0.5, 0.6) is 0 Å². The van der Waals surface area contributed by atoms with Crippen molar-refractivity contribution in [1.82, 2.24) is 10.2 Å². The van der Waals surface area contributed by atoms with Gasteiger partial charge < -0.3 is 11.1 Å². The molecule has 0 spiro atoms. The minimum absolute atomic E-state index is 0.0170. The number of carbonyl (C=O) groups is 1. The van der Waals surface area contributed by atoms with Crippen molar-refractivity contribution in [3.8, 4) is 0 Å². The van der Waals surface area contributed by atoms with Crippen LogP contribution in [0.25, 0.3) is 0 Å². The fourth-order valence-corrected chi connectivity index (χ4v) is 9.91. The number of piperidine rings is 2. The fraction of sp³-hybridized carbons (Fsp3) is 0.960. The molecule has 5 fully saturated rings. The summed E-state index contributed by atoms with van der Waals surface area (Å²) in [5, 5.41) is 3.09. The maximum atomic E-state index is 13.6. The fourth-order valence-electron chi connectivity index (χ4n) is 7.57. The average Bonchev–Trinajstić information content (AvgIpc) is 2.78. The van der Waals surface area contributed by atoms with Crippen LogP contribution in [0, 0.1) is 17.8 Å². The number of rotatable bonds is 7. The Morgan fingerprint density at radius 1 is 1.12 bits per heavy atom. The summed E-state index contributed by atoms with van der Waals surface area (Å²) in [5.74, 6) is 1.02. The number of hydrogen-bond donors (Lipinski definition) is 2. The molecule has 2 heterocycles. The maximum Gasteiger partial charge on any atom is 0.226 e. The molecule has 0 aromatic rings. The van der Waals surface area contributed by atoms with E-state index in [1.165, 1.54) is 12.8 Å². The van der Waals surface area contributed by atoms with Crippen LogP contribution >= 0.6 is 11.6 Å². The smallest absolute Gasteiger partial charge is 0.226 e. The highest BCUT2D eigenvalue weighted by atomic mass is 35.5. The van der Waals surface area contributed by atoms with Gasteiger partial charge in [-0.2, -0.15) is 0 Å². The minimum atomic E-state index is -3.02. The number of fused-ring (bicyclic) bond motifs is 3. The Morgan fingerprint density at radius 3 is 2.36 bits per heavy atom. The molecule has 0 aromatic carbocycles. The highest BCUT2D eigenvalue weighted by Crippen LogP contribution is 2.48. The predicted molar refractivity (Wildman–Crippen MR) is 134 cm³/mol. The van der Waals surface area contributed by atoms with Crippen LogP contribution in [0.1, 0.15) is 84.0 Å². The van der Waals surface area contributed by atoms with E-state index in [0.717, 1.165) is 57.4 Å². The maximum absolute atomic E-state index is 13.6. The van der Waals surface area contributed by atoms with Crippen LogP contribution in [-0.4, -0.2) is 66.8 Å². The predicted octanol–water partition coefficient (Wildman–Crippen LogP) is 3.46. The zero-order valence-electron chi connectivity index (χ0n) is 20.5.